The Morgan fingerprint density at radius 1 is 1.03 bits per heavy atom. The van der Waals surface area contributed by atoms with Crippen LogP contribution in [0.2, 0.25) is 0 Å². The van der Waals surface area contributed by atoms with Crippen molar-refractivity contribution in [1.82, 2.24) is 4.57 Å². The van der Waals surface area contributed by atoms with Gasteiger partial charge in [-0.15, -0.1) is 0 Å². The van der Waals surface area contributed by atoms with Gasteiger partial charge in [0, 0.05) is 35.5 Å². The number of aliphatic carboxylic acids is 1. The molecule has 1 aromatic heterocycles. The minimum absolute atomic E-state index is 0. The van der Waals surface area contributed by atoms with Crippen LogP contribution in [0.25, 0.3) is 16.8 Å². The van der Waals surface area contributed by atoms with E-state index in [0.717, 1.165) is 28.1 Å². The number of carbonyl (C=O) groups excluding carboxylic acids is 1. The zero-order valence-electron chi connectivity index (χ0n) is 19.4. The van der Waals surface area contributed by atoms with Crippen molar-refractivity contribution < 1.29 is 54.1 Å². The molecule has 0 radical (unpaired) electrons. The Morgan fingerprint density at radius 2 is 1.67 bits per heavy atom. The van der Waals surface area contributed by atoms with Gasteiger partial charge in [-0.05, 0) is 60.6 Å². The molecule has 0 fully saturated rings. The summed E-state index contributed by atoms with van der Waals surface area (Å²) in [7, 11) is 0. The van der Waals surface area contributed by atoms with Gasteiger partial charge in [0.05, 0.1) is 12.2 Å². The summed E-state index contributed by atoms with van der Waals surface area (Å²) in [5, 5.41) is 30.9. The molecule has 0 spiro atoms. The third-order valence-corrected chi connectivity index (χ3v) is 5.56. The van der Waals surface area contributed by atoms with Crippen molar-refractivity contribution in [2.75, 3.05) is 0 Å². The van der Waals surface area contributed by atoms with Crippen LogP contribution in [0, 0.1) is 5.82 Å². The number of aliphatic hydroxyl groups is 2. The van der Waals surface area contributed by atoms with Crippen LogP contribution in [-0.2, 0) is 11.2 Å². The quantitative estimate of drug-likeness (QED) is 0.433. The van der Waals surface area contributed by atoms with Gasteiger partial charge in [-0.3, -0.25) is 0 Å². The molecule has 0 aliphatic carbocycles. The normalized spacial score (nSPS) is 12.9. The van der Waals surface area contributed by atoms with Crippen molar-refractivity contribution in [3.63, 3.8) is 0 Å². The Kier molecular flexibility index (Phi) is 10.3. The van der Waals surface area contributed by atoms with Crippen LogP contribution in [0.5, 0.6) is 0 Å². The average molecular weight is 462 g/mol. The maximum absolute atomic E-state index is 13.5. The van der Waals surface area contributed by atoms with Crippen molar-refractivity contribution >= 4 is 5.97 Å². The largest absolute Gasteiger partial charge is 1.00 e. The van der Waals surface area contributed by atoms with E-state index in [1.807, 2.05) is 36.5 Å². The zero-order chi connectivity index (χ0) is 23.3. The molecule has 0 saturated heterocycles. The Labute approximate surface area is 216 Å². The molecule has 1 heterocycles. The number of hydrogen-bond donors (Lipinski definition) is 2. The molecule has 0 amide bonds. The van der Waals surface area contributed by atoms with Gasteiger partial charge < -0.3 is 24.7 Å². The van der Waals surface area contributed by atoms with Crippen LogP contribution in [0.15, 0.2) is 60.8 Å². The number of carboxylic acid groups (broad SMARTS) is 1. The molecular formula is C26H29FNNaO4. The maximum atomic E-state index is 13.5. The second-order valence-corrected chi connectivity index (χ2v) is 8.43. The predicted octanol–water partition coefficient (Wildman–Crippen LogP) is 0.595. The average Bonchev–Trinajstić information content (AvgIpc) is 3.12. The second-order valence-electron chi connectivity index (χ2n) is 8.43. The first-order chi connectivity index (χ1) is 15.3. The van der Waals surface area contributed by atoms with Gasteiger partial charge in [0.2, 0.25) is 0 Å². The molecule has 33 heavy (non-hydrogen) atoms. The SMILES string of the molecule is CC(C)c1c(CC[C@@H](O)C[C@@H](O)CC(=O)[O-])c(-c2ccc(F)cc2)cn1-c1ccccc1.[Na+]. The van der Waals surface area contributed by atoms with Gasteiger partial charge in [-0.2, -0.15) is 0 Å². The molecule has 7 heteroatoms. The number of hydrogen-bond acceptors (Lipinski definition) is 4. The third-order valence-electron chi connectivity index (χ3n) is 5.56. The van der Waals surface area contributed by atoms with E-state index in [9.17, 15) is 24.5 Å². The topological polar surface area (TPSA) is 85.5 Å². The van der Waals surface area contributed by atoms with Crippen LogP contribution in [0.1, 0.15) is 50.3 Å². The van der Waals surface area contributed by atoms with Crippen LogP contribution in [-0.4, -0.2) is 33.0 Å². The molecule has 0 aliphatic heterocycles. The van der Waals surface area contributed by atoms with Gasteiger partial charge in [-0.25, -0.2) is 4.39 Å². The first kappa shape index (κ1) is 27.3. The first-order valence-corrected chi connectivity index (χ1v) is 10.9. The number of aromatic nitrogens is 1. The summed E-state index contributed by atoms with van der Waals surface area (Å²) < 4.78 is 15.7. The third kappa shape index (κ3) is 7.26. The van der Waals surface area contributed by atoms with E-state index in [-0.39, 0.29) is 47.7 Å². The Balaban J connectivity index is 0.00000385. The van der Waals surface area contributed by atoms with E-state index in [4.69, 9.17) is 0 Å². The number of nitrogens with zero attached hydrogens (tertiary/aromatic N) is 1. The molecular weight excluding hydrogens is 432 g/mol. The standard InChI is InChI=1S/C26H30FNO4.Na/c1-17(2)26-23(13-12-21(29)14-22(30)15-25(31)32)24(18-8-10-19(27)11-9-18)16-28(26)20-6-4-3-5-7-20;/h3-11,16-17,21-22,29-30H,12-15H2,1-2H3,(H,31,32);/q;+1/p-1/t21-,22-;/m1./s1. The number of benzene rings is 2. The summed E-state index contributed by atoms with van der Waals surface area (Å²) in [6.45, 7) is 4.21. The van der Waals surface area contributed by atoms with Crippen LogP contribution < -0.4 is 34.7 Å². The smallest absolute Gasteiger partial charge is 0.550 e. The van der Waals surface area contributed by atoms with E-state index >= 15 is 0 Å². The molecule has 3 aromatic rings. The summed E-state index contributed by atoms with van der Waals surface area (Å²) in [5.74, 6) is -1.47. The fourth-order valence-electron chi connectivity index (χ4n) is 4.15. The van der Waals surface area contributed by atoms with Gasteiger partial charge in [0.25, 0.3) is 0 Å². The van der Waals surface area contributed by atoms with Crippen molar-refractivity contribution in [2.24, 2.45) is 0 Å². The van der Waals surface area contributed by atoms with Crippen molar-refractivity contribution in [2.45, 2.75) is 57.7 Å². The summed E-state index contributed by atoms with van der Waals surface area (Å²) in [5.41, 5.74) is 4.99. The fourth-order valence-corrected chi connectivity index (χ4v) is 4.15. The van der Waals surface area contributed by atoms with Crippen molar-refractivity contribution in [3.8, 4) is 16.8 Å². The van der Waals surface area contributed by atoms with E-state index in [2.05, 4.69) is 18.4 Å². The molecule has 3 rings (SSSR count). The number of aliphatic hydroxyl groups excluding tert-OH is 2. The van der Waals surface area contributed by atoms with Gasteiger partial charge in [0.1, 0.15) is 5.82 Å². The minimum Gasteiger partial charge on any atom is -0.550 e. The van der Waals surface area contributed by atoms with E-state index in [0.29, 0.717) is 12.8 Å². The maximum Gasteiger partial charge on any atom is 1.00 e. The van der Waals surface area contributed by atoms with Crippen LogP contribution >= 0.6 is 0 Å². The molecule has 170 valence electrons. The minimum atomic E-state index is -1.34. The molecule has 2 aromatic carbocycles. The van der Waals surface area contributed by atoms with Gasteiger partial charge >= 0.3 is 29.6 Å². The number of rotatable bonds is 10. The number of halogens is 1. The molecule has 2 N–H and O–H groups in total. The molecule has 0 saturated carbocycles. The summed E-state index contributed by atoms with van der Waals surface area (Å²) in [4.78, 5) is 10.7. The molecule has 0 aliphatic rings. The summed E-state index contributed by atoms with van der Waals surface area (Å²) in [6.07, 6.45) is 0.395. The molecule has 5 nitrogen and oxygen atoms in total. The Morgan fingerprint density at radius 3 is 2.24 bits per heavy atom. The Bertz CT molecular complexity index is 1030. The zero-order valence-corrected chi connectivity index (χ0v) is 21.4. The fraction of sp³-hybridized carbons (Fsp3) is 0.346. The van der Waals surface area contributed by atoms with Crippen molar-refractivity contribution in [1.29, 1.82) is 0 Å². The predicted molar refractivity (Wildman–Crippen MR) is 120 cm³/mol. The van der Waals surface area contributed by atoms with Gasteiger partial charge in [-0.1, -0.05) is 44.2 Å². The van der Waals surface area contributed by atoms with E-state index < -0.39 is 24.6 Å². The van der Waals surface area contributed by atoms with Crippen LogP contribution in [0.3, 0.4) is 0 Å². The van der Waals surface area contributed by atoms with E-state index in [1.165, 1.54) is 12.1 Å². The molecule has 0 bridgehead atoms. The number of carboxylic acids is 1. The van der Waals surface area contributed by atoms with Gasteiger partial charge in [0.15, 0.2) is 0 Å². The number of para-hydroxylation sites is 1. The van der Waals surface area contributed by atoms with E-state index in [1.54, 1.807) is 12.1 Å². The summed E-state index contributed by atoms with van der Waals surface area (Å²) >= 11 is 0. The van der Waals surface area contributed by atoms with Crippen molar-refractivity contribution in [3.05, 3.63) is 77.9 Å². The number of carbonyl (C=O) groups is 1. The first-order valence-electron chi connectivity index (χ1n) is 10.9. The van der Waals surface area contributed by atoms with Crippen LogP contribution in [0.4, 0.5) is 4.39 Å². The monoisotopic (exact) mass is 461 g/mol. The summed E-state index contributed by atoms with van der Waals surface area (Å²) in [6, 6.07) is 16.3. The molecule has 0 unspecified atom stereocenters. The molecule has 2 atom stereocenters. The Hall–Kier alpha value is -1.96. The second kappa shape index (κ2) is 12.5.